The summed E-state index contributed by atoms with van der Waals surface area (Å²) < 4.78 is 7.45. The number of piperidine rings is 1. The Kier molecular flexibility index (Phi) is 4.59. The molecule has 1 amide bonds. The number of aromatic nitrogens is 2. The van der Waals surface area contributed by atoms with Gasteiger partial charge in [0.1, 0.15) is 12.2 Å². The molecule has 30 heavy (non-hydrogen) atoms. The summed E-state index contributed by atoms with van der Waals surface area (Å²) in [7, 11) is 1.82. The van der Waals surface area contributed by atoms with Crippen LogP contribution in [-0.4, -0.2) is 45.6 Å². The Morgan fingerprint density at radius 3 is 2.23 bits per heavy atom. The Balaban J connectivity index is 1.25. The Hall–Kier alpha value is -3.12. The first-order valence-electron chi connectivity index (χ1n) is 10.4. The van der Waals surface area contributed by atoms with Gasteiger partial charge in [-0.25, -0.2) is 4.79 Å². The molecule has 0 atom stereocenters. The minimum atomic E-state index is -0.953. The van der Waals surface area contributed by atoms with Crippen molar-refractivity contribution in [2.24, 2.45) is 7.05 Å². The summed E-state index contributed by atoms with van der Waals surface area (Å²) in [6.45, 7) is 1.23. The van der Waals surface area contributed by atoms with E-state index in [4.69, 9.17) is 4.74 Å². The summed E-state index contributed by atoms with van der Waals surface area (Å²) in [6.07, 6.45) is 2.31. The molecule has 0 unspecified atom stereocenters. The number of amides is 1. The highest BCUT2D eigenvalue weighted by Crippen LogP contribution is 2.44. The van der Waals surface area contributed by atoms with Gasteiger partial charge < -0.3 is 14.7 Å². The Morgan fingerprint density at radius 2 is 1.67 bits per heavy atom. The van der Waals surface area contributed by atoms with Crippen molar-refractivity contribution in [2.45, 2.75) is 24.4 Å². The number of carbonyl (C=O) groups is 1. The van der Waals surface area contributed by atoms with E-state index < -0.39 is 5.60 Å². The summed E-state index contributed by atoms with van der Waals surface area (Å²) >= 11 is 0. The second-order valence-electron chi connectivity index (χ2n) is 8.16. The first-order valence-corrected chi connectivity index (χ1v) is 10.4. The molecule has 1 aromatic heterocycles. The number of hydrogen-bond acceptors (Lipinski definition) is 4. The summed E-state index contributed by atoms with van der Waals surface area (Å²) in [5, 5.41) is 15.1. The molecule has 0 radical (unpaired) electrons. The van der Waals surface area contributed by atoms with Crippen LogP contribution in [0.4, 0.5) is 4.79 Å². The summed E-state index contributed by atoms with van der Waals surface area (Å²) in [4.78, 5) is 14.4. The van der Waals surface area contributed by atoms with Gasteiger partial charge in [0.2, 0.25) is 0 Å². The third-order valence-corrected chi connectivity index (χ3v) is 6.48. The van der Waals surface area contributed by atoms with Gasteiger partial charge in [0.25, 0.3) is 0 Å². The van der Waals surface area contributed by atoms with Crippen LogP contribution in [0.25, 0.3) is 11.1 Å². The molecule has 6 nitrogen and oxygen atoms in total. The number of aliphatic hydroxyl groups is 1. The topological polar surface area (TPSA) is 67.6 Å². The molecule has 2 heterocycles. The predicted molar refractivity (Wildman–Crippen MR) is 113 cm³/mol. The van der Waals surface area contributed by atoms with Gasteiger partial charge in [-0.1, -0.05) is 48.5 Å². The Labute approximate surface area is 175 Å². The lowest BCUT2D eigenvalue weighted by Gasteiger charge is -2.37. The first-order chi connectivity index (χ1) is 14.6. The fraction of sp³-hybridized carbons (Fsp3) is 0.333. The van der Waals surface area contributed by atoms with E-state index in [1.165, 1.54) is 22.3 Å². The van der Waals surface area contributed by atoms with Crippen molar-refractivity contribution in [2.75, 3.05) is 19.7 Å². The third-order valence-electron chi connectivity index (χ3n) is 6.48. The van der Waals surface area contributed by atoms with E-state index in [0.717, 1.165) is 5.69 Å². The van der Waals surface area contributed by atoms with Crippen LogP contribution in [-0.2, 0) is 17.4 Å². The number of ether oxygens (including phenoxy) is 1. The minimum Gasteiger partial charge on any atom is -0.448 e. The zero-order chi connectivity index (χ0) is 20.7. The smallest absolute Gasteiger partial charge is 0.409 e. The summed E-state index contributed by atoms with van der Waals surface area (Å²) in [5.41, 5.74) is 4.67. The van der Waals surface area contributed by atoms with Crippen molar-refractivity contribution in [3.05, 3.63) is 77.6 Å². The third kappa shape index (κ3) is 3.08. The van der Waals surface area contributed by atoms with Crippen LogP contribution in [0, 0.1) is 0 Å². The lowest BCUT2D eigenvalue weighted by Crippen LogP contribution is -2.46. The molecule has 0 spiro atoms. The second-order valence-corrected chi connectivity index (χ2v) is 8.16. The van der Waals surface area contributed by atoms with Crippen molar-refractivity contribution in [1.82, 2.24) is 14.7 Å². The molecule has 0 bridgehead atoms. The fourth-order valence-electron chi connectivity index (χ4n) is 4.83. The standard InChI is InChI=1S/C24H25N3O3/c1-26-22(10-13-25-26)24(29)11-14-27(15-12-24)23(28)30-16-21-19-8-4-2-6-17(19)18-7-3-5-9-20(18)21/h2-10,13,21,29H,11-12,14-16H2,1H3. The number of fused-ring (bicyclic) bond motifs is 3. The van der Waals surface area contributed by atoms with Gasteiger partial charge in [0.15, 0.2) is 0 Å². The molecule has 1 fully saturated rings. The van der Waals surface area contributed by atoms with Crippen LogP contribution >= 0.6 is 0 Å². The highest BCUT2D eigenvalue weighted by molar-refractivity contribution is 5.79. The maximum Gasteiger partial charge on any atom is 0.409 e. The average Bonchev–Trinajstić information content (AvgIpc) is 3.34. The highest BCUT2D eigenvalue weighted by atomic mass is 16.6. The number of rotatable bonds is 3. The van der Waals surface area contributed by atoms with Crippen LogP contribution in [0.3, 0.4) is 0 Å². The zero-order valence-corrected chi connectivity index (χ0v) is 17.0. The molecule has 0 saturated carbocycles. The highest BCUT2D eigenvalue weighted by Gasteiger charge is 2.38. The molecular formula is C24H25N3O3. The number of likely N-dealkylation sites (tertiary alicyclic amines) is 1. The van der Waals surface area contributed by atoms with E-state index >= 15 is 0 Å². The lowest BCUT2D eigenvalue weighted by atomic mass is 9.88. The first kappa shape index (κ1) is 18.9. The van der Waals surface area contributed by atoms with Crippen LogP contribution in [0.15, 0.2) is 60.8 Å². The van der Waals surface area contributed by atoms with Gasteiger partial charge in [-0.05, 0) is 41.2 Å². The van der Waals surface area contributed by atoms with E-state index in [-0.39, 0.29) is 12.0 Å². The SMILES string of the molecule is Cn1nccc1C1(O)CCN(C(=O)OCC2c3ccccc3-c3ccccc32)CC1. The van der Waals surface area contributed by atoms with Crippen molar-refractivity contribution in [3.8, 4) is 11.1 Å². The zero-order valence-electron chi connectivity index (χ0n) is 17.0. The Bertz CT molecular complexity index is 1040. The fourth-order valence-corrected chi connectivity index (χ4v) is 4.83. The Morgan fingerprint density at radius 1 is 1.07 bits per heavy atom. The average molecular weight is 403 g/mol. The van der Waals surface area contributed by atoms with Crippen molar-refractivity contribution >= 4 is 6.09 Å². The second kappa shape index (κ2) is 7.29. The van der Waals surface area contributed by atoms with Crippen molar-refractivity contribution < 1.29 is 14.6 Å². The quantitative estimate of drug-likeness (QED) is 0.725. The molecule has 2 aliphatic rings. The van der Waals surface area contributed by atoms with Crippen LogP contribution < -0.4 is 0 Å². The molecule has 1 saturated heterocycles. The van der Waals surface area contributed by atoms with E-state index in [9.17, 15) is 9.90 Å². The maximum absolute atomic E-state index is 12.7. The molecule has 154 valence electrons. The van der Waals surface area contributed by atoms with E-state index in [1.807, 2.05) is 37.4 Å². The van der Waals surface area contributed by atoms with E-state index in [1.54, 1.807) is 15.8 Å². The van der Waals surface area contributed by atoms with Gasteiger partial charge in [-0.15, -0.1) is 0 Å². The molecule has 5 rings (SSSR count). The van der Waals surface area contributed by atoms with Gasteiger partial charge in [-0.2, -0.15) is 5.10 Å². The molecular weight excluding hydrogens is 378 g/mol. The number of benzene rings is 2. The largest absolute Gasteiger partial charge is 0.448 e. The van der Waals surface area contributed by atoms with Gasteiger partial charge in [-0.3, -0.25) is 4.68 Å². The normalized spacial score (nSPS) is 17.5. The summed E-state index contributed by atoms with van der Waals surface area (Å²) in [5.74, 6) is 0.0533. The molecule has 6 heteroatoms. The predicted octanol–water partition coefficient (Wildman–Crippen LogP) is 3.65. The van der Waals surface area contributed by atoms with Crippen LogP contribution in [0.1, 0.15) is 35.6 Å². The summed E-state index contributed by atoms with van der Waals surface area (Å²) in [6, 6.07) is 18.5. The van der Waals surface area contributed by atoms with Crippen molar-refractivity contribution in [1.29, 1.82) is 0 Å². The maximum atomic E-state index is 12.7. The molecule has 2 aromatic carbocycles. The van der Waals surface area contributed by atoms with Gasteiger partial charge >= 0.3 is 6.09 Å². The monoisotopic (exact) mass is 403 g/mol. The van der Waals surface area contributed by atoms with Crippen molar-refractivity contribution in [3.63, 3.8) is 0 Å². The molecule has 1 N–H and O–H groups in total. The number of hydrogen-bond donors (Lipinski definition) is 1. The van der Waals surface area contributed by atoms with Gasteiger partial charge in [0, 0.05) is 32.3 Å². The lowest BCUT2D eigenvalue weighted by molar-refractivity contribution is -0.0307. The molecule has 1 aliphatic carbocycles. The molecule has 1 aliphatic heterocycles. The van der Waals surface area contributed by atoms with E-state index in [2.05, 4.69) is 29.4 Å². The van der Waals surface area contributed by atoms with Crippen LogP contribution in [0.2, 0.25) is 0 Å². The minimum absolute atomic E-state index is 0.0533. The number of carbonyl (C=O) groups excluding carboxylic acids is 1. The molecule has 3 aromatic rings. The number of nitrogens with zero attached hydrogens (tertiary/aromatic N) is 3. The van der Waals surface area contributed by atoms with E-state index in [0.29, 0.717) is 32.5 Å². The van der Waals surface area contributed by atoms with Crippen LogP contribution in [0.5, 0.6) is 0 Å². The van der Waals surface area contributed by atoms with Gasteiger partial charge in [0.05, 0.1) is 5.69 Å². The number of aryl methyl sites for hydroxylation is 1.